The number of hydrogen-bond donors (Lipinski definition) is 3. The van der Waals surface area contributed by atoms with Crippen molar-refractivity contribution in [1.29, 1.82) is 0 Å². The number of methoxy groups -OCH3 is 1. The molecule has 0 aromatic heterocycles. The van der Waals surface area contributed by atoms with Crippen LogP contribution in [0.15, 0.2) is 24.3 Å². The number of carboxylic acids is 1. The molecule has 3 atom stereocenters. The first-order valence-corrected chi connectivity index (χ1v) is 6.37. The van der Waals surface area contributed by atoms with Crippen molar-refractivity contribution in [1.82, 2.24) is 5.32 Å². The third-order valence-corrected chi connectivity index (χ3v) is 2.79. The van der Waals surface area contributed by atoms with Gasteiger partial charge >= 0.3 is 5.97 Å². The molecule has 0 aliphatic heterocycles. The summed E-state index contributed by atoms with van der Waals surface area (Å²) in [7, 11) is 1.54. The fourth-order valence-electron chi connectivity index (χ4n) is 1.57. The number of aliphatic hydroxyl groups excluding tert-OH is 1. The summed E-state index contributed by atoms with van der Waals surface area (Å²) in [4.78, 5) is 22.8. The van der Waals surface area contributed by atoms with Gasteiger partial charge in [0.2, 0.25) is 0 Å². The Morgan fingerprint density at radius 3 is 2.10 bits per heavy atom. The van der Waals surface area contributed by atoms with Gasteiger partial charge in [-0.25, -0.2) is 4.79 Å². The summed E-state index contributed by atoms with van der Waals surface area (Å²) in [5.74, 6) is -0.837. The van der Waals surface area contributed by atoms with Crippen LogP contribution in [-0.4, -0.2) is 47.4 Å². The number of aliphatic hydroxyl groups is 1. The molecular formula is C14H19NO6. The largest absolute Gasteiger partial charge is 0.497 e. The molecule has 7 nitrogen and oxygen atoms in total. The summed E-state index contributed by atoms with van der Waals surface area (Å²) in [5, 5.41) is 20.4. The molecular weight excluding hydrogens is 278 g/mol. The lowest BCUT2D eigenvalue weighted by Gasteiger charge is -2.20. The molecule has 0 bridgehead atoms. The van der Waals surface area contributed by atoms with E-state index in [0.29, 0.717) is 11.5 Å². The second kappa shape index (κ2) is 7.49. The van der Waals surface area contributed by atoms with Crippen LogP contribution in [0.1, 0.15) is 13.8 Å². The number of carbonyl (C=O) groups is 2. The zero-order valence-electron chi connectivity index (χ0n) is 12.1. The highest BCUT2D eigenvalue weighted by Crippen LogP contribution is 2.18. The number of carboxylic acid groups (broad SMARTS) is 1. The molecule has 0 spiro atoms. The van der Waals surface area contributed by atoms with E-state index in [9.17, 15) is 14.7 Å². The molecule has 0 heterocycles. The molecule has 7 heteroatoms. The van der Waals surface area contributed by atoms with Crippen molar-refractivity contribution in [3.8, 4) is 11.5 Å². The quantitative estimate of drug-likeness (QED) is 0.673. The minimum Gasteiger partial charge on any atom is -0.497 e. The number of nitrogens with one attached hydrogen (secondary N) is 1. The lowest BCUT2D eigenvalue weighted by atomic mass is 10.2. The van der Waals surface area contributed by atoms with Gasteiger partial charge in [0.05, 0.1) is 13.2 Å². The van der Waals surface area contributed by atoms with Crippen molar-refractivity contribution in [2.75, 3.05) is 7.11 Å². The molecule has 1 unspecified atom stereocenters. The lowest BCUT2D eigenvalue weighted by molar-refractivity contribution is -0.145. The molecule has 1 aromatic carbocycles. The van der Waals surface area contributed by atoms with Gasteiger partial charge in [-0.1, -0.05) is 0 Å². The number of rotatable bonds is 7. The fraction of sp³-hybridized carbons (Fsp3) is 0.429. The van der Waals surface area contributed by atoms with E-state index in [-0.39, 0.29) is 0 Å². The van der Waals surface area contributed by atoms with Crippen LogP contribution >= 0.6 is 0 Å². The molecule has 21 heavy (non-hydrogen) atoms. The molecule has 1 amide bonds. The van der Waals surface area contributed by atoms with E-state index in [1.165, 1.54) is 21.0 Å². The van der Waals surface area contributed by atoms with E-state index in [1.54, 1.807) is 24.3 Å². The summed E-state index contributed by atoms with van der Waals surface area (Å²) < 4.78 is 10.4. The van der Waals surface area contributed by atoms with Crippen LogP contribution in [0.4, 0.5) is 0 Å². The van der Waals surface area contributed by atoms with Gasteiger partial charge in [-0.2, -0.15) is 0 Å². The number of ether oxygens (including phenoxy) is 2. The topological polar surface area (TPSA) is 105 Å². The van der Waals surface area contributed by atoms with Gasteiger partial charge in [0.15, 0.2) is 12.1 Å². The predicted octanol–water partition coefficient (Wildman–Crippen LogP) is 0.413. The first-order valence-electron chi connectivity index (χ1n) is 6.37. The molecule has 0 saturated carbocycles. The highest BCUT2D eigenvalue weighted by molar-refractivity contribution is 5.86. The molecule has 0 saturated heterocycles. The van der Waals surface area contributed by atoms with Crippen molar-refractivity contribution >= 4 is 11.9 Å². The van der Waals surface area contributed by atoms with Crippen LogP contribution in [0.25, 0.3) is 0 Å². The van der Waals surface area contributed by atoms with Gasteiger partial charge in [0, 0.05) is 0 Å². The van der Waals surface area contributed by atoms with E-state index in [1.807, 2.05) is 0 Å². The van der Waals surface area contributed by atoms with Crippen LogP contribution in [0.3, 0.4) is 0 Å². The predicted molar refractivity (Wildman–Crippen MR) is 74.3 cm³/mol. The lowest BCUT2D eigenvalue weighted by Crippen LogP contribution is -2.51. The Labute approximate surface area is 122 Å². The van der Waals surface area contributed by atoms with E-state index < -0.39 is 30.1 Å². The number of hydrogen-bond acceptors (Lipinski definition) is 5. The third kappa shape index (κ3) is 4.96. The summed E-state index contributed by atoms with van der Waals surface area (Å²) in [6.07, 6.45) is -2.11. The van der Waals surface area contributed by atoms with Crippen molar-refractivity contribution in [2.24, 2.45) is 0 Å². The normalized spacial score (nSPS) is 14.7. The molecule has 1 rings (SSSR count). The van der Waals surface area contributed by atoms with Gasteiger partial charge in [-0.15, -0.1) is 0 Å². The van der Waals surface area contributed by atoms with E-state index in [2.05, 4.69) is 5.32 Å². The monoisotopic (exact) mass is 297 g/mol. The Hall–Kier alpha value is -2.28. The average molecular weight is 297 g/mol. The van der Waals surface area contributed by atoms with Gasteiger partial charge in [0.25, 0.3) is 5.91 Å². The second-order valence-corrected chi connectivity index (χ2v) is 4.50. The van der Waals surface area contributed by atoms with E-state index in [0.717, 1.165) is 0 Å². The van der Waals surface area contributed by atoms with Crippen molar-refractivity contribution in [2.45, 2.75) is 32.1 Å². The SMILES string of the molecule is COc1ccc(OC(C)C(=O)N[C@H](C(=O)O)[C@@H](C)O)cc1. The van der Waals surface area contributed by atoms with Gasteiger partial charge < -0.3 is 25.0 Å². The van der Waals surface area contributed by atoms with Crippen LogP contribution in [0, 0.1) is 0 Å². The first kappa shape index (κ1) is 16.8. The van der Waals surface area contributed by atoms with Crippen LogP contribution in [0.5, 0.6) is 11.5 Å². The van der Waals surface area contributed by atoms with E-state index >= 15 is 0 Å². The molecule has 0 aliphatic rings. The number of carbonyl (C=O) groups excluding carboxylic acids is 1. The van der Waals surface area contributed by atoms with Crippen LogP contribution < -0.4 is 14.8 Å². The number of benzene rings is 1. The molecule has 3 N–H and O–H groups in total. The maximum Gasteiger partial charge on any atom is 0.328 e. The summed E-state index contributed by atoms with van der Waals surface area (Å²) in [6.45, 7) is 2.77. The van der Waals surface area contributed by atoms with Gasteiger partial charge in [-0.3, -0.25) is 4.79 Å². The average Bonchev–Trinajstić information content (AvgIpc) is 2.44. The highest BCUT2D eigenvalue weighted by atomic mass is 16.5. The fourth-order valence-corrected chi connectivity index (χ4v) is 1.57. The number of amides is 1. The first-order chi connectivity index (χ1) is 9.85. The number of aliphatic carboxylic acids is 1. The molecule has 0 radical (unpaired) electrons. The summed E-state index contributed by atoms with van der Waals surface area (Å²) in [6, 6.07) is 5.24. The zero-order valence-corrected chi connectivity index (χ0v) is 12.1. The summed E-state index contributed by atoms with van der Waals surface area (Å²) in [5.41, 5.74) is 0. The van der Waals surface area contributed by atoms with Crippen molar-refractivity contribution < 1.29 is 29.3 Å². The maximum absolute atomic E-state index is 11.9. The van der Waals surface area contributed by atoms with E-state index in [4.69, 9.17) is 14.6 Å². The third-order valence-electron chi connectivity index (χ3n) is 2.79. The Bertz CT molecular complexity index is 485. The minimum absolute atomic E-state index is 0.447. The Morgan fingerprint density at radius 2 is 1.67 bits per heavy atom. The molecule has 0 aliphatic carbocycles. The zero-order chi connectivity index (χ0) is 16.0. The molecule has 0 fully saturated rings. The Balaban J connectivity index is 2.63. The highest BCUT2D eigenvalue weighted by Gasteiger charge is 2.27. The molecule has 1 aromatic rings. The smallest absolute Gasteiger partial charge is 0.328 e. The Morgan fingerprint density at radius 1 is 1.14 bits per heavy atom. The summed E-state index contributed by atoms with van der Waals surface area (Å²) >= 11 is 0. The maximum atomic E-state index is 11.9. The van der Waals surface area contributed by atoms with Crippen molar-refractivity contribution in [3.63, 3.8) is 0 Å². The van der Waals surface area contributed by atoms with Gasteiger partial charge in [0.1, 0.15) is 11.5 Å². The standard InChI is InChI=1S/C14H19NO6/c1-8(16)12(14(18)19)15-13(17)9(2)21-11-6-4-10(20-3)5-7-11/h4-9,12,16H,1-3H3,(H,15,17)(H,18,19)/t8-,9?,12+/m1/s1. The van der Waals surface area contributed by atoms with Crippen molar-refractivity contribution in [3.05, 3.63) is 24.3 Å². The minimum atomic E-state index is -1.38. The van der Waals surface area contributed by atoms with Crippen LogP contribution in [0.2, 0.25) is 0 Å². The van der Waals surface area contributed by atoms with Gasteiger partial charge in [-0.05, 0) is 38.1 Å². The van der Waals surface area contributed by atoms with Crippen LogP contribution in [-0.2, 0) is 9.59 Å². The Kier molecular flexibility index (Phi) is 5.98. The second-order valence-electron chi connectivity index (χ2n) is 4.50. The molecule has 116 valence electrons.